The molecule has 0 spiro atoms. The number of carboxylic acids is 1. The second-order valence-corrected chi connectivity index (χ2v) is 6.89. The summed E-state index contributed by atoms with van der Waals surface area (Å²) in [7, 11) is 0. The van der Waals surface area contributed by atoms with Crippen molar-refractivity contribution in [3.8, 4) is 0 Å². The van der Waals surface area contributed by atoms with E-state index in [1.165, 1.54) is 11.4 Å². The number of aryl methyl sites for hydroxylation is 1. The van der Waals surface area contributed by atoms with Gasteiger partial charge in [0.15, 0.2) is 0 Å². The molecular weight excluding hydrogens is 411 g/mol. The molecule has 0 unspecified atom stereocenters. The van der Waals surface area contributed by atoms with Crippen LogP contribution in [-0.2, 0) is 23.9 Å². The number of fused-ring (bicyclic) bond motifs is 1. The quantitative estimate of drug-likeness (QED) is 0.653. The van der Waals surface area contributed by atoms with E-state index in [0.717, 1.165) is 34.1 Å². The van der Waals surface area contributed by atoms with Gasteiger partial charge in [0.25, 0.3) is 5.56 Å². The van der Waals surface area contributed by atoms with Crippen LogP contribution in [0.15, 0.2) is 34.4 Å². The van der Waals surface area contributed by atoms with Crippen LogP contribution >= 0.6 is 11.3 Å². The maximum absolute atomic E-state index is 12.8. The summed E-state index contributed by atoms with van der Waals surface area (Å²) in [5.41, 5.74) is -1.90. The van der Waals surface area contributed by atoms with E-state index >= 15 is 0 Å². The Hall–Kier alpha value is -3.21. The molecule has 1 aromatic carbocycles. The molecule has 0 fully saturated rings. The normalized spacial score (nSPS) is 11.6. The van der Waals surface area contributed by atoms with Gasteiger partial charge in [-0.25, -0.2) is 9.78 Å². The van der Waals surface area contributed by atoms with E-state index < -0.39 is 35.7 Å². The van der Waals surface area contributed by atoms with Crippen LogP contribution in [0, 0.1) is 0 Å². The van der Waals surface area contributed by atoms with Crippen LogP contribution in [0.3, 0.4) is 0 Å². The third-order valence-corrected chi connectivity index (χ3v) is 4.97. The highest BCUT2D eigenvalue weighted by atomic mass is 32.1. The van der Waals surface area contributed by atoms with E-state index in [1.54, 1.807) is 6.92 Å². The van der Waals surface area contributed by atoms with Crippen LogP contribution in [0.25, 0.3) is 10.2 Å². The van der Waals surface area contributed by atoms with Crippen molar-refractivity contribution in [3.63, 3.8) is 0 Å². The molecule has 3 rings (SSSR count). The van der Waals surface area contributed by atoms with Crippen molar-refractivity contribution < 1.29 is 27.9 Å². The average molecular weight is 425 g/mol. The van der Waals surface area contributed by atoms with E-state index in [2.05, 4.69) is 10.3 Å². The second-order valence-electron chi connectivity index (χ2n) is 6.03. The minimum atomic E-state index is -4.56. The van der Waals surface area contributed by atoms with Crippen molar-refractivity contribution in [2.45, 2.75) is 26.1 Å². The zero-order valence-electron chi connectivity index (χ0n) is 14.9. The van der Waals surface area contributed by atoms with Crippen LogP contribution in [0.1, 0.15) is 28.7 Å². The van der Waals surface area contributed by atoms with Crippen molar-refractivity contribution in [3.05, 3.63) is 57.0 Å². The number of carbonyl (C=O) groups excluding carboxylic acids is 1. The zero-order valence-corrected chi connectivity index (χ0v) is 15.7. The lowest BCUT2D eigenvalue weighted by atomic mass is 10.2. The maximum atomic E-state index is 12.8. The standard InChI is InChI=1S/C18H14F3N3O4S/c1-2-12-23-15-14(11(8-29-15)17(27)28)16(26)24(12)7-13(25)22-10-5-3-4-9(6-10)18(19,20)21/h3-6,8H,2,7H2,1H3,(H,22,25)(H,27,28). The average Bonchev–Trinajstić information content (AvgIpc) is 3.08. The number of thiophene rings is 1. The SMILES string of the molecule is CCc1nc2scc(C(=O)O)c2c(=O)n1CC(=O)Nc1cccc(C(F)(F)F)c1. The number of carbonyl (C=O) groups is 2. The zero-order chi connectivity index (χ0) is 21.3. The lowest BCUT2D eigenvalue weighted by Crippen LogP contribution is -2.31. The number of hydrogen-bond acceptors (Lipinski definition) is 5. The number of benzene rings is 1. The topological polar surface area (TPSA) is 101 Å². The maximum Gasteiger partial charge on any atom is 0.416 e. The Bertz CT molecular complexity index is 1170. The first-order valence-electron chi connectivity index (χ1n) is 8.33. The highest BCUT2D eigenvalue weighted by Gasteiger charge is 2.30. The van der Waals surface area contributed by atoms with Crippen molar-refractivity contribution in [2.75, 3.05) is 5.32 Å². The van der Waals surface area contributed by atoms with E-state index in [0.29, 0.717) is 6.42 Å². The Balaban J connectivity index is 1.94. The van der Waals surface area contributed by atoms with Crippen molar-refractivity contribution >= 4 is 39.1 Å². The lowest BCUT2D eigenvalue weighted by molar-refractivity contribution is -0.137. The van der Waals surface area contributed by atoms with Gasteiger partial charge < -0.3 is 10.4 Å². The van der Waals surface area contributed by atoms with Gasteiger partial charge in [-0.15, -0.1) is 11.3 Å². The summed E-state index contributed by atoms with van der Waals surface area (Å²) < 4.78 is 39.5. The monoisotopic (exact) mass is 425 g/mol. The van der Waals surface area contributed by atoms with E-state index in [9.17, 15) is 32.7 Å². The third kappa shape index (κ3) is 4.14. The molecule has 0 radical (unpaired) electrons. The van der Waals surface area contributed by atoms with Gasteiger partial charge >= 0.3 is 12.1 Å². The fraction of sp³-hybridized carbons (Fsp3) is 0.222. The predicted octanol–water partition coefficient (Wildman–Crippen LogP) is 3.38. The van der Waals surface area contributed by atoms with E-state index in [1.807, 2.05) is 0 Å². The molecule has 2 heterocycles. The number of nitrogens with zero attached hydrogens (tertiary/aromatic N) is 2. The summed E-state index contributed by atoms with van der Waals surface area (Å²) in [5.74, 6) is -1.77. The number of rotatable bonds is 5. The number of carboxylic acid groups (broad SMARTS) is 1. The number of anilines is 1. The van der Waals surface area contributed by atoms with Gasteiger partial charge in [-0.2, -0.15) is 13.2 Å². The number of nitrogens with one attached hydrogen (secondary N) is 1. The molecular formula is C18H14F3N3O4S. The lowest BCUT2D eigenvalue weighted by Gasteiger charge is -2.13. The molecule has 0 saturated heterocycles. The largest absolute Gasteiger partial charge is 0.478 e. The fourth-order valence-corrected chi connectivity index (χ4v) is 3.70. The van der Waals surface area contributed by atoms with Gasteiger partial charge in [0.2, 0.25) is 5.91 Å². The van der Waals surface area contributed by atoms with Gasteiger partial charge in [-0.3, -0.25) is 14.2 Å². The number of amides is 1. The summed E-state index contributed by atoms with van der Waals surface area (Å²) in [6.07, 6.45) is -4.27. The van der Waals surface area contributed by atoms with Crippen molar-refractivity contribution in [1.29, 1.82) is 0 Å². The molecule has 0 atom stereocenters. The summed E-state index contributed by atoms with van der Waals surface area (Å²) in [5, 5.41) is 12.8. The van der Waals surface area contributed by atoms with E-state index in [-0.39, 0.29) is 27.3 Å². The van der Waals surface area contributed by atoms with Crippen LogP contribution in [0.2, 0.25) is 0 Å². The van der Waals surface area contributed by atoms with Crippen LogP contribution in [0.4, 0.5) is 18.9 Å². The molecule has 0 aliphatic rings. The Kier molecular flexibility index (Phi) is 5.42. The Morgan fingerprint density at radius 3 is 2.66 bits per heavy atom. The molecule has 2 aromatic heterocycles. The van der Waals surface area contributed by atoms with Gasteiger partial charge in [0.1, 0.15) is 17.2 Å². The number of halogens is 3. The van der Waals surface area contributed by atoms with Crippen LogP contribution in [-0.4, -0.2) is 26.5 Å². The van der Waals surface area contributed by atoms with Gasteiger partial charge in [0, 0.05) is 17.5 Å². The molecule has 0 bridgehead atoms. The highest BCUT2D eigenvalue weighted by molar-refractivity contribution is 7.17. The first-order chi connectivity index (χ1) is 13.6. The summed E-state index contributed by atoms with van der Waals surface area (Å²) >= 11 is 1.01. The molecule has 3 aromatic rings. The molecule has 11 heteroatoms. The number of aromatic carboxylic acids is 1. The predicted molar refractivity (Wildman–Crippen MR) is 100 cm³/mol. The third-order valence-electron chi connectivity index (χ3n) is 4.09. The summed E-state index contributed by atoms with van der Waals surface area (Å²) in [6, 6.07) is 4.10. The number of aromatic nitrogens is 2. The smallest absolute Gasteiger partial charge is 0.416 e. The first kappa shape index (κ1) is 20.5. The second kappa shape index (κ2) is 7.66. The molecule has 7 nitrogen and oxygen atoms in total. The Labute approximate surface area is 165 Å². The van der Waals surface area contributed by atoms with E-state index in [4.69, 9.17) is 0 Å². The van der Waals surface area contributed by atoms with Gasteiger partial charge in [-0.1, -0.05) is 13.0 Å². The number of hydrogen-bond donors (Lipinski definition) is 2. The van der Waals surface area contributed by atoms with Gasteiger partial charge in [-0.05, 0) is 18.2 Å². The minimum Gasteiger partial charge on any atom is -0.478 e. The Morgan fingerprint density at radius 2 is 2.03 bits per heavy atom. The van der Waals surface area contributed by atoms with Crippen molar-refractivity contribution in [1.82, 2.24) is 9.55 Å². The first-order valence-corrected chi connectivity index (χ1v) is 9.21. The van der Waals surface area contributed by atoms with Crippen LogP contribution in [0.5, 0.6) is 0 Å². The van der Waals surface area contributed by atoms with Crippen LogP contribution < -0.4 is 10.9 Å². The molecule has 29 heavy (non-hydrogen) atoms. The Morgan fingerprint density at radius 1 is 1.31 bits per heavy atom. The molecule has 1 amide bonds. The van der Waals surface area contributed by atoms with Crippen molar-refractivity contribution in [2.24, 2.45) is 0 Å². The minimum absolute atomic E-state index is 0.0771. The molecule has 0 aliphatic heterocycles. The number of alkyl halides is 3. The molecule has 0 saturated carbocycles. The highest BCUT2D eigenvalue weighted by Crippen LogP contribution is 2.30. The summed E-state index contributed by atoms with van der Waals surface area (Å²) in [4.78, 5) is 41.0. The molecule has 2 N–H and O–H groups in total. The molecule has 152 valence electrons. The summed E-state index contributed by atoms with van der Waals surface area (Å²) in [6.45, 7) is 1.19. The van der Waals surface area contributed by atoms with Gasteiger partial charge in [0.05, 0.1) is 16.5 Å². The molecule has 0 aliphatic carbocycles. The fourth-order valence-electron chi connectivity index (χ4n) is 2.77.